The quantitative estimate of drug-likeness (QED) is 0.640. The minimum absolute atomic E-state index is 0.124. The van der Waals surface area contributed by atoms with Crippen molar-refractivity contribution in [2.45, 2.75) is 24.3 Å². The Morgan fingerprint density at radius 3 is 2.39 bits per heavy atom. The number of piperazine rings is 1. The lowest BCUT2D eigenvalue weighted by molar-refractivity contribution is 0.0628. The first-order valence-electron chi connectivity index (χ1n) is 11.1. The molecule has 3 aliphatic heterocycles. The number of amides is 1. The fraction of sp³-hybridized carbons (Fsp3) is 0.435. The van der Waals surface area contributed by atoms with E-state index in [0.29, 0.717) is 39.3 Å². The van der Waals surface area contributed by atoms with Gasteiger partial charge in [-0.15, -0.1) is 0 Å². The van der Waals surface area contributed by atoms with Gasteiger partial charge in [0.2, 0.25) is 16.8 Å². The molecule has 0 aromatic heterocycles. The summed E-state index contributed by atoms with van der Waals surface area (Å²) in [6.45, 7) is 4.55. The van der Waals surface area contributed by atoms with E-state index in [1.54, 1.807) is 4.90 Å². The van der Waals surface area contributed by atoms with E-state index in [2.05, 4.69) is 4.90 Å². The molecule has 0 bridgehead atoms. The molecule has 2 saturated heterocycles. The average Bonchev–Trinajstić information content (AvgIpc) is 3.52. The van der Waals surface area contributed by atoms with Crippen LogP contribution in [0.15, 0.2) is 41.3 Å². The predicted octanol–water partition coefficient (Wildman–Crippen LogP) is 2.81. The number of ether oxygens (including phenoxy) is 2. The van der Waals surface area contributed by atoms with Crippen molar-refractivity contribution in [2.24, 2.45) is 0 Å². The molecule has 0 N–H and O–H groups in total. The van der Waals surface area contributed by atoms with Crippen molar-refractivity contribution in [2.75, 3.05) is 46.1 Å². The molecule has 0 unspecified atom stereocenters. The summed E-state index contributed by atoms with van der Waals surface area (Å²) in [7, 11) is -3.61. The summed E-state index contributed by atoms with van der Waals surface area (Å²) in [6.07, 6.45) is 1.71. The van der Waals surface area contributed by atoms with E-state index in [0.717, 1.165) is 36.4 Å². The van der Waals surface area contributed by atoms with Crippen LogP contribution in [-0.2, 0) is 16.6 Å². The Bertz CT molecular complexity index is 1160. The lowest BCUT2D eigenvalue weighted by atomic mass is 10.1. The molecule has 0 radical (unpaired) electrons. The van der Waals surface area contributed by atoms with E-state index in [1.165, 1.54) is 22.5 Å². The molecule has 3 heterocycles. The van der Waals surface area contributed by atoms with Gasteiger partial charge in [0.15, 0.2) is 11.5 Å². The zero-order valence-electron chi connectivity index (χ0n) is 18.2. The summed E-state index contributed by atoms with van der Waals surface area (Å²) in [5, 5.41) is 0.267. The maximum atomic E-state index is 13.2. The SMILES string of the molecule is O=C(c1cc(S(=O)(=O)N2CCCC2)ccc1Cl)N1CCN(Cc2ccc3c(c2)OCO3)CC1. The molecule has 0 atom stereocenters. The smallest absolute Gasteiger partial charge is 0.255 e. The first-order chi connectivity index (χ1) is 15.9. The standard InChI is InChI=1S/C23H26ClN3O5S/c24-20-5-4-18(33(29,30)27-7-1-2-8-27)14-19(20)23(28)26-11-9-25(10-12-26)15-17-3-6-21-22(13-17)32-16-31-21/h3-6,13-14H,1-2,7-12,15-16H2. The lowest BCUT2D eigenvalue weighted by Crippen LogP contribution is -2.48. The van der Waals surface area contributed by atoms with Gasteiger partial charge in [0.25, 0.3) is 5.91 Å². The van der Waals surface area contributed by atoms with Crippen molar-refractivity contribution in [3.63, 3.8) is 0 Å². The highest BCUT2D eigenvalue weighted by molar-refractivity contribution is 7.89. The van der Waals surface area contributed by atoms with Crippen molar-refractivity contribution < 1.29 is 22.7 Å². The second-order valence-corrected chi connectivity index (χ2v) is 10.9. The summed E-state index contributed by atoms with van der Waals surface area (Å²) in [5.74, 6) is 1.29. The van der Waals surface area contributed by atoms with Crippen molar-refractivity contribution in [1.82, 2.24) is 14.1 Å². The second-order valence-electron chi connectivity index (χ2n) is 8.51. The van der Waals surface area contributed by atoms with Crippen LogP contribution in [0.1, 0.15) is 28.8 Å². The lowest BCUT2D eigenvalue weighted by Gasteiger charge is -2.35. The molecule has 2 fully saturated rings. The van der Waals surface area contributed by atoms with Gasteiger partial charge in [-0.3, -0.25) is 9.69 Å². The fourth-order valence-electron chi connectivity index (χ4n) is 4.48. The number of carbonyl (C=O) groups excluding carboxylic acids is 1. The second kappa shape index (κ2) is 9.13. The van der Waals surface area contributed by atoms with Gasteiger partial charge >= 0.3 is 0 Å². The summed E-state index contributed by atoms with van der Waals surface area (Å²) in [4.78, 5) is 17.3. The monoisotopic (exact) mass is 491 g/mol. The van der Waals surface area contributed by atoms with Crippen LogP contribution in [0.2, 0.25) is 5.02 Å². The topological polar surface area (TPSA) is 79.4 Å². The number of hydrogen-bond donors (Lipinski definition) is 0. The van der Waals surface area contributed by atoms with Gasteiger partial charge in [-0.05, 0) is 48.7 Å². The minimum atomic E-state index is -3.61. The van der Waals surface area contributed by atoms with Gasteiger partial charge in [0.1, 0.15) is 0 Å². The van der Waals surface area contributed by atoms with E-state index < -0.39 is 10.0 Å². The molecule has 0 spiro atoms. The molecule has 10 heteroatoms. The zero-order valence-corrected chi connectivity index (χ0v) is 19.8. The van der Waals surface area contributed by atoms with Crippen LogP contribution in [0.5, 0.6) is 11.5 Å². The minimum Gasteiger partial charge on any atom is -0.454 e. The maximum absolute atomic E-state index is 13.2. The number of carbonyl (C=O) groups is 1. The molecule has 2 aromatic rings. The van der Waals surface area contributed by atoms with E-state index in [-0.39, 0.29) is 28.2 Å². The Kier molecular flexibility index (Phi) is 6.22. The molecule has 0 saturated carbocycles. The number of nitrogens with zero attached hydrogens (tertiary/aromatic N) is 3. The van der Waals surface area contributed by atoms with Crippen LogP contribution >= 0.6 is 11.6 Å². The number of benzene rings is 2. The van der Waals surface area contributed by atoms with E-state index in [9.17, 15) is 13.2 Å². The average molecular weight is 492 g/mol. The first kappa shape index (κ1) is 22.5. The number of rotatable bonds is 5. The number of fused-ring (bicyclic) bond motifs is 1. The van der Waals surface area contributed by atoms with Gasteiger partial charge in [0.05, 0.1) is 15.5 Å². The Balaban J connectivity index is 1.24. The molecular formula is C23H26ClN3O5S. The number of sulfonamides is 1. The van der Waals surface area contributed by atoms with Crippen molar-refractivity contribution in [3.05, 3.63) is 52.5 Å². The largest absolute Gasteiger partial charge is 0.454 e. The van der Waals surface area contributed by atoms with Crippen LogP contribution in [0.3, 0.4) is 0 Å². The highest BCUT2D eigenvalue weighted by Gasteiger charge is 2.30. The molecule has 2 aromatic carbocycles. The molecular weight excluding hydrogens is 466 g/mol. The molecule has 8 nitrogen and oxygen atoms in total. The predicted molar refractivity (Wildman–Crippen MR) is 123 cm³/mol. The third-order valence-corrected chi connectivity index (χ3v) is 8.60. The first-order valence-corrected chi connectivity index (χ1v) is 12.9. The van der Waals surface area contributed by atoms with Gasteiger partial charge in [-0.25, -0.2) is 8.42 Å². The van der Waals surface area contributed by atoms with Gasteiger partial charge < -0.3 is 14.4 Å². The Labute approximate surface area is 198 Å². The van der Waals surface area contributed by atoms with Crippen LogP contribution in [0.4, 0.5) is 0 Å². The Hall–Kier alpha value is -2.33. The fourth-order valence-corrected chi connectivity index (χ4v) is 6.23. The van der Waals surface area contributed by atoms with Gasteiger partial charge in [-0.1, -0.05) is 17.7 Å². The number of hydrogen-bond acceptors (Lipinski definition) is 6. The maximum Gasteiger partial charge on any atom is 0.255 e. The van der Waals surface area contributed by atoms with Crippen LogP contribution in [-0.4, -0.2) is 74.5 Å². The molecule has 0 aliphatic carbocycles. The third kappa shape index (κ3) is 4.55. The summed E-state index contributed by atoms with van der Waals surface area (Å²) >= 11 is 6.31. The van der Waals surface area contributed by atoms with E-state index in [1.807, 2.05) is 18.2 Å². The van der Waals surface area contributed by atoms with Gasteiger partial charge in [-0.2, -0.15) is 4.31 Å². The highest BCUT2D eigenvalue weighted by Crippen LogP contribution is 2.33. The molecule has 176 valence electrons. The van der Waals surface area contributed by atoms with Crippen LogP contribution < -0.4 is 9.47 Å². The van der Waals surface area contributed by atoms with Crippen LogP contribution in [0, 0.1) is 0 Å². The zero-order chi connectivity index (χ0) is 23.0. The number of halogens is 1. The Morgan fingerprint density at radius 1 is 0.909 bits per heavy atom. The Morgan fingerprint density at radius 2 is 1.64 bits per heavy atom. The van der Waals surface area contributed by atoms with Crippen LogP contribution in [0.25, 0.3) is 0 Å². The highest BCUT2D eigenvalue weighted by atomic mass is 35.5. The molecule has 3 aliphatic rings. The van der Waals surface area contributed by atoms with E-state index in [4.69, 9.17) is 21.1 Å². The molecule has 33 heavy (non-hydrogen) atoms. The molecule has 5 rings (SSSR count). The van der Waals surface area contributed by atoms with Crippen molar-refractivity contribution in [3.8, 4) is 11.5 Å². The van der Waals surface area contributed by atoms with Gasteiger partial charge in [0, 0.05) is 45.8 Å². The van der Waals surface area contributed by atoms with Crippen molar-refractivity contribution >= 4 is 27.5 Å². The summed E-state index contributed by atoms with van der Waals surface area (Å²) < 4.78 is 38.1. The third-order valence-electron chi connectivity index (χ3n) is 6.37. The normalized spacial score (nSPS) is 19.2. The van der Waals surface area contributed by atoms with Crippen molar-refractivity contribution in [1.29, 1.82) is 0 Å². The van der Waals surface area contributed by atoms with E-state index >= 15 is 0 Å². The molecule has 1 amide bonds. The summed E-state index contributed by atoms with van der Waals surface area (Å²) in [5.41, 5.74) is 1.36. The summed E-state index contributed by atoms with van der Waals surface area (Å²) in [6, 6.07) is 10.4.